The number of ether oxygens (including phenoxy) is 1. The Morgan fingerprint density at radius 1 is 1.06 bits per heavy atom. The summed E-state index contributed by atoms with van der Waals surface area (Å²) >= 11 is 1.22. The number of thiazole rings is 1. The first-order chi connectivity index (χ1) is 16.9. The van der Waals surface area contributed by atoms with E-state index >= 15 is 0 Å². The molecule has 1 aliphatic heterocycles. The molecular formula is C25H24N4O5S. The first kappa shape index (κ1) is 24.1. The minimum Gasteiger partial charge on any atom is -0.464 e. The van der Waals surface area contributed by atoms with Gasteiger partial charge in [0.1, 0.15) is 6.04 Å². The number of fused-ring (bicyclic) bond motifs is 1. The predicted octanol–water partition coefficient (Wildman–Crippen LogP) is 3.18. The fourth-order valence-corrected chi connectivity index (χ4v) is 4.67. The molecule has 180 valence electrons. The minimum atomic E-state index is -0.857. The molecule has 0 saturated carbocycles. The molecule has 0 aliphatic carbocycles. The van der Waals surface area contributed by atoms with Crippen LogP contribution in [0.15, 0.2) is 54.6 Å². The van der Waals surface area contributed by atoms with Crippen LogP contribution in [-0.4, -0.2) is 41.8 Å². The molecule has 3 aromatic rings. The molecule has 10 heteroatoms. The van der Waals surface area contributed by atoms with Crippen molar-refractivity contribution < 1.29 is 23.9 Å². The molecule has 0 fully saturated rings. The summed E-state index contributed by atoms with van der Waals surface area (Å²) in [4.78, 5) is 54.7. The van der Waals surface area contributed by atoms with Crippen LogP contribution in [0, 0.1) is 0 Å². The van der Waals surface area contributed by atoms with Gasteiger partial charge in [0.25, 0.3) is 5.91 Å². The summed E-state index contributed by atoms with van der Waals surface area (Å²) in [7, 11) is 1.28. The Morgan fingerprint density at radius 2 is 1.80 bits per heavy atom. The van der Waals surface area contributed by atoms with E-state index in [2.05, 4.69) is 20.9 Å². The van der Waals surface area contributed by atoms with Gasteiger partial charge in [-0.15, -0.1) is 11.3 Å². The van der Waals surface area contributed by atoms with Gasteiger partial charge in [-0.2, -0.15) is 0 Å². The molecule has 1 atom stereocenters. The maximum Gasteiger partial charge on any atom is 0.357 e. The molecule has 35 heavy (non-hydrogen) atoms. The van der Waals surface area contributed by atoms with Crippen LogP contribution < -0.4 is 16.0 Å². The Hall–Kier alpha value is -4.05. The summed E-state index contributed by atoms with van der Waals surface area (Å²) in [6.45, 7) is 0. The largest absolute Gasteiger partial charge is 0.464 e. The van der Waals surface area contributed by atoms with Gasteiger partial charge in [0.05, 0.1) is 18.4 Å². The van der Waals surface area contributed by atoms with Crippen molar-refractivity contribution in [1.82, 2.24) is 10.3 Å². The Kier molecular flexibility index (Phi) is 7.51. The molecule has 0 radical (unpaired) electrons. The highest BCUT2D eigenvalue weighted by atomic mass is 32.1. The van der Waals surface area contributed by atoms with Gasteiger partial charge in [-0.25, -0.2) is 9.78 Å². The van der Waals surface area contributed by atoms with Crippen molar-refractivity contribution in [2.45, 2.75) is 31.7 Å². The Morgan fingerprint density at radius 3 is 2.57 bits per heavy atom. The summed E-state index contributed by atoms with van der Waals surface area (Å²) in [6, 6.07) is 15.7. The second kappa shape index (κ2) is 10.9. The lowest BCUT2D eigenvalue weighted by Crippen LogP contribution is -2.41. The number of carbonyl (C=O) groups excluding carboxylic acids is 4. The van der Waals surface area contributed by atoms with Crippen LogP contribution in [-0.2, 0) is 27.2 Å². The minimum absolute atomic E-state index is 0.0266. The third-order valence-corrected chi connectivity index (χ3v) is 6.55. The number of carbonyl (C=O) groups is 4. The third kappa shape index (κ3) is 5.90. The third-order valence-electron chi connectivity index (χ3n) is 5.52. The Labute approximate surface area is 205 Å². The zero-order valence-corrected chi connectivity index (χ0v) is 19.8. The first-order valence-electron chi connectivity index (χ1n) is 11.1. The topological polar surface area (TPSA) is 126 Å². The summed E-state index contributed by atoms with van der Waals surface area (Å²) in [5, 5.41) is 8.36. The van der Waals surface area contributed by atoms with Gasteiger partial charge in [0, 0.05) is 11.3 Å². The van der Waals surface area contributed by atoms with Gasteiger partial charge in [-0.05, 0) is 37.0 Å². The van der Waals surface area contributed by atoms with E-state index in [1.54, 1.807) is 24.3 Å². The lowest BCUT2D eigenvalue weighted by Gasteiger charge is -2.13. The van der Waals surface area contributed by atoms with Crippen molar-refractivity contribution in [3.05, 3.63) is 76.3 Å². The maximum absolute atomic E-state index is 12.6. The maximum atomic E-state index is 12.6. The van der Waals surface area contributed by atoms with Crippen LogP contribution in [0.1, 0.15) is 44.1 Å². The highest BCUT2D eigenvalue weighted by molar-refractivity contribution is 7.16. The average Bonchev–Trinajstić information content (AvgIpc) is 3.22. The second-order valence-electron chi connectivity index (χ2n) is 7.92. The van der Waals surface area contributed by atoms with Crippen LogP contribution in [0.2, 0.25) is 0 Å². The summed E-state index contributed by atoms with van der Waals surface area (Å²) in [5.41, 5.74) is 2.10. The van der Waals surface area contributed by atoms with E-state index in [0.717, 1.165) is 5.56 Å². The smallest absolute Gasteiger partial charge is 0.357 e. The predicted molar refractivity (Wildman–Crippen MR) is 131 cm³/mol. The number of aromatic nitrogens is 1. The normalized spacial score (nSPS) is 14.8. The fourth-order valence-electron chi connectivity index (χ4n) is 3.71. The zero-order chi connectivity index (χ0) is 24.8. The standard InChI is InChI=1S/C25H24N4O5S/c1-34-24(33)21-19(13-11-15-7-3-2-4-8-15)35-25(29-21)28-20(30)14-12-18-23(32)26-17-10-6-5-9-16(17)22(31)27-18/h2-10,18H,11-14H2,1H3,(H,26,32)(H,27,31)(H,28,29,30)/t18-/m1/s1. The molecular weight excluding hydrogens is 468 g/mol. The van der Waals surface area contributed by atoms with E-state index in [-0.39, 0.29) is 41.4 Å². The number of nitrogens with one attached hydrogen (secondary N) is 3. The van der Waals surface area contributed by atoms with E-state index in [1.165, 1.54) is 18.4 Å². The number of aryl methyl sites for hydroxylation is 2. The van der Waals surface area contributed by atoms with Crippen molar-refractivity contribution in [3.8, 4) is 0 Å². The summed E-state index contributed by atoms with van der Waals surface area (Å²) in [5.74, 6) is -1.72. The number of hydrogen-bond donors (Lipinski definition) is 3. The molecule has 1 aliphatic rings. The molecule has 9 nitrogen and oxygen atoms in total. The lowest BCUT2D eigenvalue weighted by atomic mass is 10.1. The molecule has 0 spiro atoms. The van der Waals surface area contributed by atoms with Gasteiger partial charge >= 0.3 is 5.97 Å². The SMILES string of the molecule is COC(=O)c1nc(NC(=O)CC[C@H]2NC(=O)c3ccccc3NC2=O)sc1CCc1ccccc1. The summed E-state index contributed by atoms with van der Waals surface area (Å²) < 4.78 is 4.84. The lowest BCUT2D eigenvalue weighted by molar-refractivity contribution is -0.118. The molecule has 1 aromatic heterocycles. The van der Waals surface area contributed by atoms with Crippen LogP contribution in [0.25, 0.3) is 0 Å². The van der Waals surface area contributed by atoms with Gasteiger partial charge in [-0.3, -0.25) is 14.4 Å². The monoisotopic (exact) mass is 492 g/mol. The van der Waals surface area contributed by atoms with Gasteiger partial charge in [0.2, 0.25) is 11.8 Å². The first-order valence-corrected chi connectivity index (χ1v) is 11.9. The molecule has 4 rings (SSSR count). The molecule has 2 aromatic carbocycles. The average molecular weight is 493 g/mol. The second-order valence-corrected chi connectivity index (χ2v) is 9.00. The Balaban J connectivity index is 1.38. The number of anilines is 2. The Bertz CT molecular complexity index is 1260. The number of para-hydroxylation sites is 1. The van der Waals surface area contributed by atoms with E-state index < -0.39 is 12.0 Å². The van der Waals surface area contributed by atoms with Crippen molar-refractivity contribution in [3.63, 3.8) is 0 Å². The number of hydrogen-bond acceptors (Lipinski definition) is 7. The quantitative estimate of drug-likeness (QED) is 0.415. The number of rotatable bonds is 8. The number of esters is 1. The van der Waals surface area contributed by atoms with Gasteiger partial charge in [-0.1, -0.05) is 42.5 Å². The van der Waals surface area contributed by atoms with Crippen LogP contribution in [0.4, 0.5) is 10.8 Å². The van der Waals surface area contributed by atoms with Gasteiger partial charge < -0.3 is 20.7 Å². The van der Waals surface area contributed by atoms with Crippen LogP contribution in [0.3, 0.4) is 0 Å². The van der Waals surface area contributed by atoms with Crippen LogP contribution in [0.5, 0.6) is 0 Å². The van der Waals surface area contributed by atoms with Crippen molar-refractivity contribution in [1.29, 1.82) is 0 Å². The van der Waals surface area contributed by atoms with E-state index in [1.807, 2.05) is 30.3 Å². The van der Waals surface area contributed by atoms with Crippen LogP contribution >= 0.6 is 11.3 Å². The zero-order valence-electron chi connectivity index (χ0n) is 19.0. The molecule has 2 heterocycles. The van der Waals surface area contributed by atoms with E-state index in [9.17, 15) is 19.2 Å². The fraction of sp³-hybridized carbons (Fsp3) is 0.240. The number of amides is 3. The summed E-state index contributed by atoms with van der Waals surface area (Å²) in [6.07, 6.45) is 1.35. The van der Waals surface area contributed by atoms with E-state index in [4.69, 9.17) is 4.74 Å². The van der Waals surface area contributed by atoms with Crippen molar-refractivity contribution in [2.75, 3.05) is 17.7 Å². The van der Waals surface area contributed by atoms with Gasteiger partial charge in [0.15, 0.2) is 10.8 Å². The number of nitrogens with zero attached hydrogens (tertiary/aromatic N) is 1. The van der Waals surface area contributed by atoms with E-state index in [0.29, 0.717) is 29.0 Å². The molecule has 0 unspecified atom stereocenters. The highest BCUT2D eigenvalue weighted by Crippen LogP contribution is 2.26. The molecule has 3 amide bonds. The molecule has 0 saturated heterocycles. The number of methoxy groups -OCH3 is 1. The van der Waals surface area contributed by atoms with Crippen molar-refractivity contribution >= 4 is 45.8 Å². The molecule has 0 bridgehead atoms. The number of benzene rings is 2. The highest BCUT2D eigenvalue weighted by Gasteiger charge is 2.28. The van der Waals surface area contributed by atoms with Crippen molar-refractivity contribution in [2.24, 2.45) is 0 Å². The molecule has 3 N–H and O–H groups in total.